The maximum Gasteiger partial charge on any atom is 0.255 e. The van der Waals surface area contributed by atoms with E-state index in [9.17, 15) is 4.79 Å². The number of aromatic amines is 1. The van der Waals surface area contributed by atoms with Crippen molar-refractivity contribution in [3.63, 3.8) is 0 Å². The van der Waals surface area contributed by atoms with Crippen LogP contribution in [0.3, 0.4) is 0 Å². The molecule has 0 saturated carbocycles. The predicted molar refractivity (Wildman–Crippen MR) is 66.6 cm³/mol. The van der Waals surface area contributed by atoms with Crippen LogP contribution in [0.4, 0.5) is 0 Å². The Hall–Kier alpha value is -1.81. The fourth-order valence-electron chi connectivity index (χ4n) is 1.67. The van der Waals surface area contributed by atoms with E-state index < -0.39 is 0 Å². The first-order valence-corrected chi connectivity index (χ1v) is 5.64. The monoisotopic (exact) mass is 233 g/mol. The first-order chi connectivity index (χ1) is 8.33. The first kappa shape index (κ1) is 11.7. The Bertz CT molecular complexity index is 548. The Morgan fingerprint density at radius 2 is 2.06 bits per heavy atom. The maximum absolute atomic E-state index is 11.6. The summed E-state index contributed by atoms with van der Waals surface area (Å²) in [6.45, 7) is 3.66. The van der Waals surface area contributed by atoms with E-state index in [1.54, 1.807) is 12.3 Å². The zero-order valence-electron chi connectivity index (χ0n) is 9.73. The summed E-state index contributed by atoms with van der Waals surface area (Å²) in [6.07, 6.45) is 1.63. The number of hydrogen-bond donors (Lipinski definition) is 1. The molecule has 0 saturated heterocycles. The lowest BCUT2D eigenvalue weighted by molar-refractivity contribution is 0.111. The quantitative estimate of drug-likeness (QED) is 0.803. The van der Waals surface area contributed by atoms with Gasteiger partial charge in [-0.15, -0.1) is 0 Å². The van der Waals surface area contributed by atoms with E-state index in [4.69, 9.17) is 9.47 Å². The molecule has 1 heterocycles. The van der Waals surface area contributed by atoms with Crippen LogP contribution < -0.4 is 10.3 Å². The number of ether oxygens (including phenoxy) is 2. The number of nitrogens with one attached hydrogen (secondary N) is 1. The number of H-pyrrole nitrogens is 1. The molecule has 0 bridgehead atoms. The van der Waals surface area contributed by atoms with Gasteiger partial charge >= 0.3 is 0 Å². The zero-order valence-corrected chi connectivity index (χ0v) is 9.73. The van der Waals surface area contributed by atoms with Crippen LogP contribution in [0.15, 0.2) is 35.3 Å². The molecule has 0 aliphatic rings. The minimum Gasteiger partial charge on any atom is -0.491 e. The molecule has 0 fully saturated rings. The summed E-state index contributed by atoms with van der Waals surface area (Å²) in [5.41, 5.74) is -0.0993. The summed E-state index contributed by atoms with van der Waals surface area (Å²) < 4.78 is 10.8. The molecule has 2 aromatic rings. The molecule has 1 N–H and O–H groups in total. The summed E-state index contributed by atoms with van der Waals surface area (Å²) in [7, 11) is 0. The lowest BCUT2D eigenvalue weighted by Crippen LogP contribution is -2.08. The van der Waals surface area contributed by atoms with Crippen molar-refractivity contribution in [2.24, 2.45) is 0 Å². The normalized spacial score (nSPS) is 10.6. The van der Waals surface area contributed by atoms with Gasteiger partial charge in [-0.2, -0.15) is 0 Å². The van der Waals surface area contributed by atoms with Crippen molar-refractivity contribution in [3.8, 4) is 5.75 Å². The van der Waals surface area contributed by atoms with Crippen molar-refractivity contribution in [2.75, 3.05) is 19.8 Å². The highest BCUT2D eigenvalue weighted by Gasteiger charge is 2.03. The third kappa shape index (κ3) is 2.65. The molecule has 0 amide bonds. The van der Waals surface area contributed by atoms with Crippen LogP contribution in [0.5, 0.6) is 5.75 Å². The number of hydrogen-bond acceptors (Lipinski definition) is 3. The van der Waals surface area contributed by atoms with Crippen molar-refractivity contribution >= 4 is 10.8 Å². The third-order valence-electron chi connectivity index (χ3n) is 2.46. The summed E-state index contributed by atoms with van der Waals surface area (Å²) in [5, 5.41) is 1.47. The van der Waals surface area contributed by atoms with Crippen molar-refractivity contribution in [2.45, 2.75) is 6.92 Å². The number of pyridine rings is 1. The van der Waals surface area contributed by atoms with E-state index in [0.717, 1.165) is 5.39 Å². The molecule has 4 heteroatoms. The standard InChI is InChI=1S/C13H15NO3/c1-2-16-8-9-17-12-5-3-4-11-10(12)6-7-14-13(11)15/h3-7H,2,8-9H2,1H3,(H,14,15). The molecule has 0 radical (unpaired) electrons. The van der Waals surface area contributed by atoms with E-state index in [1.807, 2.05) is 25.1 Å². The van der Waals surface area contributed by atoms with Crippen LogP contribution in [-0.2, 0) is 4.74 Å². The second-order valence-electron chi connectivity index (χ2n) is 3.57. The van der Waals surface area contributed by atoms with E-state index in [-0.39, 0.29) is 5.56 Å². The van der Waals surface area contributed by atoms with E-state index in [2.05, 4.69) is 4.98 Å². The molecule has 0 atom stereocenters. The molecular formula is C13H15NO3. The smallest absolute Gasteiger partial charge is 0.255 e. The largest absolute Gasteiger partial charge is 0.491 e. The highest BCUT2D eigenvalue weighted by molar-refractivity contribution is 5.87. The van der Waals surface area contributed by atoms with Crippen LogP contribution >= 0.6 is 0 Å². The van der Waals surface area contributed by atoms with Gasteiger partial charge in [0, 0.05) is 18.2 Å². The molecule has 17 heavy (non-hydrogen) atoms. The van der Waals surface area contributed by atoms with Gasteiger partial charge in [0.25, 0.3) is 5.56 Å². The van der Waals surface area contributed by atoms with Gasteiger partial charge in [-0.05, 0) is 25.1 Å². The summed E-state index contributed by atoms with van der Waals surface area (Å²) in [5.74, 6) is 0.716. The minimum atomic E-state index is -0.0993. The molecule has 0 unspecified atom stereocenters. The Labute approximate surface area is 99.2 Å². The Morgan fingerprint density at radius 3 is 2.88 bits per heavy atom. The Kier molecular flexibility index (Phi) is 3.77. The minimum absolute atomic E-state index is 0.0993. The second kappa shape index (κ2) is 5.50. The predicted octanol–water partition coefficient (Wildman–Crippen LogP) is 1.94. The molecule has 1 aromatic heterocycles. The van der Waals surface area contributed by atoms with Crippen molar-refractivity contribution in [1.82, 2.24) is 4.98 Å². The molecule has 90 valence electrons. The average Bonchev–Trinajstić information content (AvgIpc) is 2.36. The molecule has 0 spiro atoms. The van der Waals surface area contributed by atoms with Gasteiger partial charge < -0.3 is 14.5 Å². The van der Waals surface area contributed by atoms with Crippen LogP contribution in [0.25, 0.3) is 10.8 Å². The van der Waals surface area contributed by atoms with Gasteiger partial charge in [-0.3, -0.25) is 4.79 Å². The van der Waals surface area contributed by atoms with Crippen molar-refractivity contribution in [1.29, 1.82) is 0 Å². The van der Waals surface area contributed by atoms with Crippen LogP contribution in [0.1, 0.15) is 6.92 Å². The Balaban J connectivity index is 2.23. The topological polar surface area (TPSA) is 51.3 Å². The van der Waals surface area contributed by atoms with Gasteiger partial charge in [0.2, 0.25) is 0 Å². The third-order valence-corrected chi connectivity index (χ3v) is 2.46. The molecule has 1 aromatic carbocycles. The average molecular weight is 233 g/mol. The fraction of sp³-hybridized carbons (Fsp3) is 0.308. The SMILES string of the molecule is CCOCCOc1cccc2c(=O)[nH]ccc12. The number of benzene rings is 1. The molecular weight excluding hydrogens is 218 g/mol. The van der Waals surface area contributed by atoms with Crippen LogP contribution in [0.2, 0.25) is 0 Å². The van der Waals surface area contributed by atoms with Gasteiger partial charge in [0.1, 0.15) is 12.4 Å². The van der Waals surface area contributed by atoms with Gasteiger partial charge in [0.05, 0.1) is 12.0 Å². The van der Waals surface area contributed by atoms with E-state index >= 15 is 0 Å². The molecule has 2 rings (SSSR count). The summed E-state index contributed by atoms with van der Waals surface area (Å²) >= 11 is 0. The van der Waals surface area contributed by atoms with Crippen LogP contribution in [-0.4, -0.2) is 24.8 Å². The number of fused-ring (bicyclic) bond motifs is 1. The van der Waals surface area contributed by atoms with E-state index in [0.29, 0.717) is 31.0 Å². The first-order valence-electron chi connectivity index (χ1n) is 5.64. The fourth-order valence-corrected chi connectivity index (χ4v) is 1.67. The highest BCUT2D eigenvalue weighted by atomic mass is 16.5. The molecule has 0 aliphatic heterocycles. The molecule has 0 aliphatic carbocycles. The van der Waals surface area contributed by atoms with E-state index in [1.165, 1.54) is 0 Å². The second-order valence-corrected chi connectivity index (χ2v) is 3.57. The summed E-state index contributed by atoms with van der Waals surface area (Å²) in [4.78, 5) is 14.2. The Morgan fingerprint density at radius 1 is 1.18 bits per heavy atom. The van der Waals surface area contributed by atoms with Gasteiger partial charge in [-0.1, -0.05) is 6.07 Å². The summed E-state index contributed by atoms with van der Waals surface area (Å²) in [6, 6.07) is 7.29. The number of aromatic nitrogens is 1. The lowest BCUT2D eigenvalue weighted by Gasteiger charge is -2.08. The van der Waals surface area contributed by atoms with Crippen molar-refractivity contribution in [3.05, 3.63) is 40.8 Å². The number of rotatable bonds is 5. The van der Waals surface area contributed by atoms with Crippen LogP contribution in [0, 0.1) is 0 Å². The van der Waals surface area contributed by atoms with Crippen molar-refractivity contribution < 1.29 is 9.47 Å². The van der Waals surface area contributed by atoms with Gasteiger partial charge in [-0.25, -0.2) is 0 Å². The zero-order chi connectivity index (χ0) is 12.1. The lowest BCUT2D eigenvalue weighted by atomic mass is 10.1. The highest BCUT2D eigenvalue weighted by Crippen LogP contribution is 2.22. The maximum atomic E-state index is 11.6. The molecule has 4 nitrogen and oxygen atoms in total. The van der Waals surface area contributed by atoms with Gasteiger partial charge in [0.15, 0.2) is 0 Å².